The van der Waals surface area contributed by atoms with Gasteiger partial charge in [-0.15, -0.1) is 11.8 Å². The first-order valence-corrected chi connectivity index (χ1v) is 12.1. The van der Waals surface area contributed by atoms with Crippen molar-refractivity contribution in [3.8, 4) is 0 Å². The maximum Gasteiger partial charge on any atom is 0.416 e. The molecule has 36 heavy (non-hydrogen) atoms. The van der Waals surface area contributed by atoms with Crippen molar-refractivity contribution in [3.05, 3.63) is 104 Å². The quantitative estimate of drug-likeness (QED) is 0.299. The summed E-state index contributed by atoms with van der Waals surface area (Å²) in [5, 5.41) is 12.0. The molecule has 0 radical (unpaired) electrons. The Balaban J connectivity index is 1.62. The number of halogens is 4. The average molecular weight is 533 g/mol. The zero-order valence-electron chi connectivity index (χ0n) is 18.3. The summed E-state index contributed by atoms with van der Waals surface area (Å²) in [6, 6.07) is 15.8. The Morgan fingerprint density at radius 3 is 2.53 bits per heavy atom. The van der Waals surface area contributed by atoms with Crippen LogP contribution in [0.3, 0.4) is 0 Å². The molecule has 1 saturated heterocycles. The lowest BCUT2D eigenvalue weighted by atomic mass is 9.79. The number of Topliss-reactive ketones (excluding diaryl/α,β-unsaturated/α-hetero) is 1. The van der Waals surface area contributed by atoms with Crippen molar-refractivity contribution in [1.82, 2.24) is 0 Å². The van der Waals surface area contributed by atoms with Crippen LogP contribution in [0.2, 0.25) is 5.02 Å². The molecule has 3 aromatic rings. The number of thioether (sulfide) groups is 1. The number of fused-ring (bicyclic) bond motifs is 2. The first-order valence-electron chi connectivity index (χ1n) is 10.7. The topological polar surface area (TPSA) is 80.5 Å². The van der Waals surface area contributed by atoms with E-state index in [1.807, 2.05) is 0 Å². The van der Waals surface area contributed by atoms with Gasteiger partial charge < -0.3 is 4.90 Å². The number of rotatable bonds is 4. The van der Waals surface area contributed by atoms with Gasteiger partial charge in [-0.05, 0) is 35.9 Å². The number of ketones is 1. The zero-order valence-corrected chi connectivity index (χ0v) is 19.9. The lowest BCUT2D eigenvalue weighted by Crippen LogP contribution is -2.41. The number of amides is 1. The van der Waals surface area contributed by atoms with Crippen LogP contribution in [-0.4, -0.2) is 22.4 Å². The van der Waals surface area contributed by atoms with Gasteiger partial charge in [-0.3, -0.25) is 19.7 Å². The van der Waals surface area contributed by atoms with Crippen molar-refractivity contribution >= 4 is 46.4 Å². The number of nitro benzene ring substituents is 1. The minimum Gasteiger partial charge on any atom is -0.306 e. The van der Waals surface area contributed by atoms with Crippen molar-refractivity contribution < 1.29 is 27.7 Å². The largest absolute Gasteiger partial charge is 0.416 e. The van der Waals surface area contributed by atoms with Crippen LogP contribution < -0.4 is 4.90 Å². The lowest BCUT2D eigenvalue weighted by Gasteiger charge is -2.29. The molecule has 1 amide bonds. The maximum atomic E-state index is 14.1. The first-order chi connectivity index (χ1) is 17.0. The molecule has 1 fully saturated rings. The van der Waals surface area contributed by atoms with Gasteiger partial charge in [-0.25, -0.2) is 0 Å². The van der Waals surface area contributed by atoms with Crippen LogP contribution in [-0.2, 0) is 27.1 Å². The Kier molecular flexibility index (Phi) is 5.83. The number of carbonyl (C=O) groups is 2. The van der Waals surface area contributed by atoms with E-state index in [1.165, 1.54) is 16.7 Å². The van der Waals surface area contributed by atoms with Crippen molar-refractivity contribution in [2.45, 2.75) is 23.4 Å². The lowest BCUT2D eigenvalue weighted by molar-refractivity contribution is -0.385. The van der Waals surface area contributed by atoms with Gasteiger partial charge in [-0.1, -0.05) is 41.9 Å². The molecule has 2 aliphatic heterocycles. The summed E-state index contributed by atoms with van der Waals surface area (Å²) in [7, 11) is 0. The Labute approximate surface area is 212 Å². The summed E-state index contributed by atoms with van der Waals surface area (Å²) in [6.07, 6.45) is -4.76. The third-order valence-electron chi connectivity index (χ3n) is 6.45. The second kappa shape index (κ2) is 8.63. The maximum absolute atomic E-state index is 14.1. The van der Waals surface area contributed by atoms with Crippen LogP contribution in [0.4, 0.5) is 24.5 Å². The number of carbonyl (C=O) groups excluding carboxylic acids is 2. The van der Waals surface area contributed by atoms with Gasteiger partial charge in [0.2, 0.25) is 5.91 Å². The van der Waals surface area contributed by atoms with Crippen LogP contribution in [0.25, 0.3) is 0 Å². The van der Waals surface area contributed by atoms with Crippen LogP contribution in [0.1, 0.15) is 28.2 Å². The highest BCUT2D eigenvalue weighted by atomic mass is 35.5. The molecule has 184 valence electrons. The SMILES string of the molecule is O=C1CS[C@@]2(C(=O)N(Cc3ccc(C(F)(F)F)cc3[N+](=O)[O-])c3ccccc32)[C@@H]1c1cccc(Cl)c1. The van der Waals surface area contributed by atoms with Crippen molar-refractivity contribution in [2.24, 2.45) is 0 Å². The van der Waals surface area contributed by atoms with E-state index in [4.69, 9.17) is 11.6 Å². The third kappa shape index (κ3) is 3.75. The number of hydrogen-bond donors (Lipinski definition) is 0. The molecule has 0 aromatic heterocycles. The van der Waals surface area contributed by atoms with E-state index in [-0.39, 0.29) is 23.6 Å². The van der Waals surface area contributed by atoms with Gasteiger partial charge in [-0.2, -0.15) is 13.2 Å². The Bertz CT molecular complexity index is 1430. The van der Waals surface area contributed by atoms with Gasteiger partial charge in [0.05, 0.1) is 28.7 Å². The summed E-state index contributed by atoms with van der Waals surface area (Å²) in [6.45, 7) is -0.330. The minimum atomic E-state index is -4.76. The van der Waals surface area contributed by atoms with E-state index in [1.54, 1.807) is 48.5 Å². The summed E-state index contributed by atoms with van der Waals surface area (Å²) in [4.78, 5) is 39.3. The Morgan fingerprint density at radius 2 is 1.83 bits per heavy atom. The molecule has 3 aromatic carbocycles. The van der Waals surface area contributed by atoms with E-state index in [2.05, 4.69) is 0 Å². The van der Waals surface area contributed by atoms with Crippen LogP contribution in [0, 0.1) is 10.1 Å². The number of nitro groups is 1. The molecule has 0 unspecified atom stereocenters. The molecule has 0 aliphatic carbocycles. The van der Waals surface area contributed by atoms with Crippen molar-refractivity contribution in [1.29, 1.82) is 0 Å². The average Bonchev–Trinajstić information content (AvgIpc) is 3.29. The van der Waals surface area contributed by atoms with E-state index in [0.29, 0.717) is 27.9 Å². The predicted molar refractivity (Wildman–Crippen MR) is 129 cm³/mol. The molecule has 1 spiro atoms. The number of hydrogen-bond acceptors (Lipinski definition) is 5. The second-order valence-corrected chi connectivity index (χ2v) is 10.1. The third-order valence-corrected chi connectivity index (χ3v) is 8.20. The van der Waals surface area contributed by atoms with E-state index in [9.17, 15) is 32.9 Å². The predicted octanol–water partition coefficient (Wildman–Crippen LogP) is 6.11. The molecular formula is C25H16ClF3N2O4S. The highest BCUT2D eigenvalue weighted by molar-refractivity contribution is 8.02. The first kappa shape index (κ1) is 24.3. The van der Waals surface area contributed by atoms with Gasteiger partial charge in [0.25, 0.3) is 5.69 Å². The number of anilines is 1. The summed E-state index contributed by atoms with van der Waals surface area (Å²) in [5.41, 5.74) is -0.348. The van der Waals surface area contributed by atoms with Crippen LogP contribution in [0.15, 0.2) is 66.7 Å². The Hall–Kier alpha value is -3.37. The monoisotopic (exact) mass is 532 g/mol. The van der Waals surface area contributed by atoms with E-state index in [0.717, 1.165) is 12.1 Å². The molecule has 0 saturated carbocycles. The summed E-state index contributed by atoms with van der Waals surface area (Å²) < 4.78 is 38.2. The van der Waals surface area contributed by atoms with Gasteiger partial charge >= 0.3 is 6.18 Å². The van der Waals surface area contributed by atoms with E-state index < -0.39 is 38.9 Å². The number of benzene rings is 3. The summed E-state index contributed by atoms with van der Waals surface area (Å²) >= 11 is 7.36. The molecule has 11 heteroatoms. The number of para-hydroxylation sites is 1. The van der Waals surface area contributed by atoms with Crippen molar-refractivity contribution in [3.63, 3.8) is 0 Å². The number of nitrogens with zero attached hydrogens (tertiary/aromatic N) is 2. The van der Waals surface area contributed by atoms with Crippen LogP contribution >= 0.6 is 23.4 Å². The fraction of sp³-hybridized carbons (Fsp3) is 0.200. The van der Waals surface area contributed by atoms with Gasteiger partial charge in [0.15, 0.2) is 5.78 Å². The fourth-order valence-corrected chi connectivity index (χ4v) is 6.65. The standard InChI is InChI=1S/C25H16ClF3N2O4S/c26-17-5-3-4-14(10-17)22-21(32)13-36-24(22)18-6-1-2-7-19(18)30(23(24)33)12-15-8-9-16(25(27,28)29)11-20(15)31(34)35/h1-11,22H,12-13H2/t22-,24-/m1/s1. The molecule has 0 N–H and O–H groups in total. The fourth-order valence-electron chi connectivity index (χ4n) is 4.92. The van der Waals surface area contributed by atoms with Gasteiger partial charge in [0, 0.05) is 27.9 Å². The highest BCUT2D eigenvalue weighted by Crippen LogP contribution is 2.60. The van der Waals surface area contributed by atoms with Gasteiger partial charge in [0.1, 0.15) is 4.75 Å². The summed E-state index contributed by atoms with van der Waals surface area (Å²) in [5.74, 6) is -1.39. The van der Waals surface area contributed by atoms with E-state index >= 15 is 0 Å². The molecule has 6 nitrogen and oxygen atoms in total. The molecule has 2 heterocycles. The molecule has 0 bridgehead atoms. The normalized spacial score (nSPS) is 21.3. The zero-order chi connectivity index (χ0) is 25.8. The Morgan fingerprint density at radius 1 is 1.08 bits per heavy atom. The minimum absolute atomic E-state index is 0.0539. The smallest absolute Gasteiger partial charge is 0.306 e. The number of alkyl halides is 3. The highest BCUT2D eigenvalue weighted by Gasteiger charge is 2.62. The second-order valence-electron chi connectivity index (χ2n) is 8.49. The van der Waals surface area contributed by atoms with Crippen LogP contribution in [0.5, 0.6) is 0 Å². The molecular weight excluding hydrogens is 517 g/mol. The molecule has 2 aliphatic rings. The molecule has 2 atom stereocenters. The molecule has 5 rings (SSSR count). The van der Waals surface area contributed by atoms with Crippen molar-refractivity contribution in [2.75, 3.05) is 10.7 Å².